The van der Waals surface area contributed by atoms with Gasteiger partial charge < -0.3 is 0 Å². The topological polar surface area (TPSA) is 17.8 Å². The molecule has 1 aromatic heterocycles. The van der Waals surface area contributed by atoms with E-state index in [1.54, 1.807) is 0 Å². The predicted molar refractivity (Wildman–Crippen MR) is 134 cm³/mol. The van der Waals surface area contributed by atoms with E-state index in [2.05, 4.69) is 87.0 Å². The van der Waals surface area contributed by atoms with Crippen LogP contribution in [0.3, 0.4) is 0 Å². The fraction of sp³-hybridized carbons (Fsp3) is 0.483. The summed E-state index contributed by atoms with van der Waals surface area (Å²) in [5.41, 5.74) is 5.60. The molecule has 0 radical (unpaired) electrons. The summed E-state index contributed by atoms with van der Waals surface area (Å²) in [6, 6.07) is 17.7. The third-order valence-electron chi connectivity index (χ3n) is 6.44. The molecule has 2 heteroatoms. The maximum absolute atomic E-state index is 4.81. The van der Waals surface area contributed by atoms with Gasteiger partial charge in [0.25, 0.3) is 0 Å². The molecule has 0 fully saturated rings. The van der Waals surface area contributed by atoms with Crippen LogP contribution in [0.1, 0.15) is 102 Å². The minimum atomic E-state index is 0.597. The number of nitrogens with zero attached hydrogens (tertiary/aromatic N) is 2. The molecule has 1 heterocycles. The Balaban J connectivity index is 2.24. The van der Waals surface area contributed by atoms with Gasteiger partial charge in [0.15, 0.2) is 0 Å². The number of rotatable bonds is 12. The Labute approximate surface area is 189 Å². The van der Waals surface area contributed by atoms with E-state index in [-0.39, 0.29) is 0 Å². The van der Waals surface area contributed by atoms with E-state index in [9.17, 15) is 0 Å². The van der Waals surface area contributed by atoms with Gasteiger partial charge in [-0.05, 0) is 48.6 Å². The number of hydrogen-bond acceptors (Lipinski definition) is 1. The lowest BCUT2D eigenvalue weighted by Crippen LogP contribution is -2.12. The standard InChI is InChI=1S/C29H40N2/c1-5-13-23(14-6-2)26-19-12-20-27(24(15-7-3)16-8-4)28(26)31-22-21-30-29(31)25-17-10-9-11-18-25/h9-12,17-24H,5-8,13-16H2,1-4H3. The molecule has 0 saturated carbocycles. The SMILES string of the molecule is CCCC(CCC)c1cccc(C(CCC)CCC)c1-n1ccnc1-c1ccccc1. The average Bonchev–Trinajstić information content (AvgIpc) is 3.28. The highest BCUT2D eigenvalue weighted by atomic mass is 15.1. The summed E-state index contributed by atoms with van der Waals surface area (Å²) in [6.07, 6.45) is 14.0. The van der Waals surface area contributed by atoms with Crippen LogP contribution in [0.2, 0.25) is 0 Å². The molecule has 0 atom stereocenters. The van der Waals surface area contributed by atoms with E-state index in [1.165, 1.54) is 73.7 Å². The summed E-state index contributed by atoms with van der Waals surface area (Å²) in [5.74, 6) is 2.24. The van der Waals surface area contributed by atoms with Gasteiger partial charge in [0.05, 0.1) is 5.69 Å². The van der Waals surface area contributed by atoms with E-state index in [0.29, 0.717) is 11.8 Å². The smallest absolute Gasteiger partial charge is 0.144 e. The third kappa shape index (κ3) is 5.47. The molecule has 31 heavy (non-hydrogen) atoms. The van der Waals surface area contributed by atoms with E-state index in [1.807, 2.05) is 6.20 Å². The molecular weight excluding hydrogens is 376 g/mol. The number of hydrogen-bond donors (Lipinski definition) is 0. The van der Waals surface area contributed by atoms with E-state index < -0.39 is 0 Å². The van der Waals surface area contributed by atoms with Crippen molar-refractivity contribution >= 4 is 0 Å². The second-order valence-electron chi connectivity index (χ2n) is 8.82. The Morgan fingerprint density at radius 2 is 1.19 bits per heavy atom. The van der Waals surface area contributed by atoms with Crippen LogP contribution < -0.4 is 0 Å². The van der Waals surface area contributed by atoms with Crippen LogP contribution in [0, 0.1) is 0 Å². The molecule has 3 rings (SSSR count). The Hall–Kier alpha value is -2.35. The Bertz CT molecular complexity index is 863. The van der Waals surface area contributed by atoms with Gasteiger partial charge in [-0.3, -0.25) is 4.57 Å². The van der Waals surface area contributed by atoms with Crippen LogP contribution in [0.4, 0.5) is 0 Å². The second kappa shape index (κ2) is 11.9. The van der Waals surface area contributed by atoms with Crippen molar-refractivity contribution in [3.63, 3.8) is 0 Å². The molecule has 2 aromatic carbocycles. The lowest BCUT2D eigenvalue weighted by atomic mass is 9.83. The van der Waals surface area contributed by atoms with Crippen molar-refractivity contribution in [2.45, 2.75) is 90.9 Å². The molecule has 2 nitrogen and oxygen atoms in total. The second-order valence-corrected chi connectivity index (χ2v) is 8.82. The van der Waals surface area contributed by atoms with Crippen LogP contribution in [0.25, 0.3) is 17.1 Å². The zero-order valence-corrected chi connectivity index (χ0v) is 20.0. The zero-order chi connectivity index (χ0) is 22.1. The van der Waals surface area contributed by atoms with Gasteiger partial charge in [-0.25, -0.2) is 4.98 Å². The summed E-state index contributed by atoms with van der Waals surface area (Å²) in [6.45, 7) is 9.26. The van der Waals surface area contributed by atoms with E-state index in [4.69, 9.17) is 4.98 Å². The van der Waals surface area contributed by atoms with Crippen LogP contribution in [0.5, 0.6) is 0 Å². The molecule has 0 saturated heterocycles. The van der Waals surface area contributed by atoms with Crippen molar-refractivity contribution in [1.29, 1.82) is 0 Å². The van der Waals surface area contributed by atoms with Crippen molar-refractivity contribution < 1.29 is 0 Å². The molecule has 3 aromatic rings. The zero-order valence-electron chi connectivity index (χ0n) is 20.0. The van der Waals surface area contributed by atoms with Gasteiger partial charge in [-0.2, -0.15) is 0 Å². The Morgan fingerprint density at radius 1 is 0.677 bits per heavy atom. The van der Waals surface area contributed by atoms with Crippen molar-refractivity contribution in [3.8, 4) is 17.1 Å². The van der Waals surface area contributed by atoms with Crippen LogP contribution in [0.15, 0.2) is 60.9 Å². The van der Waals surface area contributed by atoms with Crippen molar-refractivity contribution in [2.75, 3.05) is 0 Å². The Morgan fingerprint density at radius 3 is 1.68 bits per heavy atom. The number of benzene rings is 2. The monoisotopic (exact) mass is 416 g/mol. The highest BCUT2D eigenvalue weighted by Crippen LogP contribution is 2.39. The molecule has 0 N–H and O–H groups in total. The van der Waals surface area contributed by atoms with Crippen LogP contribution in [-0.4, -0.2) is 9.55 Å². The lowest BCUT2D eigenvalue weighted by Gasteiger charge is -2.27. The number of aromatic nitrogens is 2. The van der Waals surface area contributed by atoms with Crippen molar-refractivity contribution in [2.24, 2.45) is 0 Å². The van der Waals surface area contributed by atoms with Crippen LogP contribution >= 0.6 is 0 Å². The summed E-state index contributed by atoms with van der Waals surface area (Å²) in [7, 11) is 0. The van der Waals surface area contributed by atoms with Gasteiger partial charge >= 0.3 is 0 Å². The Kier molecular flexibility index (Phi) is 8.94. The third-order valence-corrected chi connectivity index (χ3v) is 6.44. The quantitative estimate of drug-likeness (QED) is 0.288. The normalized spacial score (nSPS) is 11.5. The first-order chi connectivity index (χ1) is 15.2. The van der Waals surface area contributed by atoms with Crippen LogP contribution in [-0.2, 0) is 0 Å². The fourth-order valence-electron chi connectivity index (χ4n) is 5.11. The minimum absolute atomic E-state index is 0.597. The summed E-state index contributed by atoms with van der Waals surface area (Å²) < 4.78 is 2.39. The summed E-state index contributed by atoms with van der Waals surface area (Å²) in [5, 5.41) is 0. The van der Waals surface area contributed by atoms with Gasteiger partial charge in [0.1, 0.15) is 5.82 Å². The first-order valence-corrected chi connectivity index (χ1v) is 12.5. The van der Waals surface area contributed by atoms with E-state index >= 15 is 0 Å². The first kappa shape index (κ1) is 23.3. The van der Waals surface area contributed by atoms with Crippen molar-refractivity contribution in [3.05, 3.63) is 72.1 Å². The summed E-state index contributed by atoms with van der Waals surface area (Å²) >= 11 is 0. The van der Waals surface area contributed by atoms with Gasteiger partial charge in [0, 0.05) is 18.0 Å². The maximum atomic E-state index is 4.81. The fourth-order valence-corrected chi connectivity index (χ4v) is 5.11. The molecule has 0 bridgehead atoms. The van der Waals surface area contributed by atoms with Gasteiger partial charge in [0.2, 0.25) is 0 Å². The molecule has 166 valence electrons. The molecule has 0 amide bonds. The first-order valence-electron chi connectivity index (χ1n) is 12.5. The largest absolute Gasteiger partial charge is 0.299 e. The molecule has 0 aliphatic carbocycles. The number of imidazole rings is 1. The highest BCUT2D eigenvalue weighted by molar-refractivity contribution is 5.62. The van der Waals surface area contributed by atoms with Gasteiger partial charge in [-0.15, -0.1) is 0 Å². The minimum Gasteiger partial charge on any atom is -0.299 e. The number of para-hydroxylation sites is 1. The molecule has 0 unspecified atom stereocenters. The highest BCUT2D eigenvalue weighted by Gasteiger charge is 2.23. The summed E-state index contributed by atoms with van der Waals surface area (Å²) in [4.78, 5) is 4.81. The van der Waals surface area contributed by atoms with E-state index in [0.717, 1.165) is 5.82 Å². The maximum Gasteiger partial charge on any atom is 0.144 e. The molecule has 0 aliphatic rings. The lowest BCUT2D eigenvalue weighted by molar-refractivity contribution is 0.544. The molecule has 0 spiro atoms. The average molecular weight is 417 g/mol. The molecule has 0 aliphatic heterocycles. The predicted octanol–water partition coefficient (Wildman–Crippen LogP) is 8.91. The van der Waals surface area contributed by atoms with Crippen molar-refractivity contribution in [1.82, 2.24) is 9.55 Å². The van der Waals surface area contributed by atoms with Gasteiger partial charge in [-0.1, -0.05) is 102 Å². The molecular formula is C29H40N2.